The lowest BCUT2D eigenvalue weighted by Gasteiger charge is -2.11. The summed E-state index contributed by atoms with van der Waals surface area (Å²) in [5.41, 5.74) is 1.47. The predicted octanol–water partition coefficient (Wildman–Crippen LogP) is 6.19. The standard InChI is InChI=1S/C24H17Cl2NO6S/c1-31-23(29)20-9-7-16(33-20)12-27-22(28)21(34-24(27)30)11-15-4-2-3-5-19(15)32-13-14-6-8-17(25)18(26)10-14/h2-11H,12-13H2,1H3/b21-11+. The summed E-state index contributed by atoms with van der Waals surface area (Å²) in [5.74, 6) is -0.292. The summed E-state index contributed by atoms with van der Waals surface area (Å²) < 4.78 is 15.9. The fourth-order valence-electron chi connectivity index (χ4n) is 3.13. The van der Waals surface area contributed by atoms with Crippen LogP contribution >= 0.6 is 35.0 Å². The van der Waals surface area contributed by atoms with Crippen LogP contribution in [0.4, 0.5) is 4.79 Å². The van der Waals surface area contributed by atoms with E-state index >= 15 is 0 Å². The molecule has 10 heteroatoms. The van der Waals surface area contributed by atoms with E-state index in [9.17, 15) is 14.4 Å². The highest BCUT2D eigenvalue weighted by molar-refractivity contribution is 8.18. The van der Waals surface area contributed by atoms with Crippen LogP contribution in [0.3, 0.4) is 0 Å². The Hall–Kier alpha value is -3.20. The lowest BCUT2D eigenvalue weighted by molar-refractivity contribution is -0.123. The Kier molecular flexibility index (Phi) is 7.31. The molecule has 0 radical (unpaired) electrons. The number of nitrogens with zero attached hydrogens (tertiary/aromatic N) is 1. The first-order chi connectivity index (χ1) is 16.4. The number of amides is 2. The molecule has 34 heavy (non-hydrogen) atoms. The van der Waals surface area contributed by atoms with Gasteiger partial charge in [0, 0.05) is 5.56 Å². The molecule has 0 N–H and O–H groups in total. The minimum atomic E-state index is -0.641. The molecule has 1 aromatic heterocycles. The minimum Gasteiger partial charge on any atom is -0.488 e. The van der Waals surface area contributed by atoms with Crippen molar-refractivity contribution in [1.29, 1.82) is 0 Å². The predicted molar refractivity (Wildman–Crippen MR) is 129 cm³/mol. The molecule has 3 aromatic rings. The number of rotatable bonds is 7. The van der Waals surface area contributed by atoms with Gasteiger partial charge in [-0.15, -0.1) is 0 Å². The number of furan rings is 1. The molecule has 0 atom stereocenters. The topological polar surface area (TPSA) is 86.0 Å². The highest BCUT2D eigenvalue weighted by atomic mass is 35.5. The van der Waals surface area contributed by atoms with E-state index in [-0.39, 0.29) is 29.6 Å². The maximum absolute atomic E-state index is 12.9. The third kappa shape index (κ3) is 5.30. The zero-order valence-electron chi connectivity index (χ0n) is 17.7. The Morgan fingerprint density at radius 1 is 1.09 bits per heavy atom. The number of hydrogen-bond acceptors (Lipinski definition) is 7. The molecule has 2 heterocycles. The van der Waals surface area contributed by atoms with Crippen LogP contribution in [0.15, 0.2) is 63.9 Å². The Balaban J connectivity index is 1.49. The van der Waals surface area contributed by atoms with Gasteiger partial charge in [-0.3, -0.25) is 14.5 Å². The molecule has 2 amide bonds. The molecule has 0 spiro atoms. The highest BCUT2D eigenvalue weighted by Crippen LogP contribution is 2.35. The van der Waals surface area contributed by atoms with Gasteiger partial charge in [0.25, 0.3) is 11.1 Å². The first-order valence-electron chi connectivity index (χ1n) is 9.94. The van der Waals surface area contributed by atoms with Crippen molar-refractivity contribution in [2.24, 2.45) is 0 Å². The molecular weight excluding hydrogens is 501 g/mol. The molecule has 0 aliphatic carbocycles. The van der Waals surface area contributed by atoms with Crippen molar-refractivity contribution in [2.75, 3.05) is 7.11 Å². The second-order valence-corrected chi connectivity index (χ2v) is 8.91. The molecule has 0 saturated carbocycles. The normalized spacial score (nSPS) is 14.7. The van der Waals surface area contributed by atoms with Crippen LogP contribution in [0.2, 0.25) is 10.0 Å². The van der Waals surface area contributed by atoms with Gasteiger partial charge >= 0.3 is 5.97 Å². The van der Waals surface area contributed by atoms with Crippen LogP contribution in [-0.4, -0.2) is 29.1 Å². The number of imide groups is 1. The summed E-state index contributed by atoms with van der Waals surface area (Å²) >= 11 is 12.8. The fourth-order valence-corrected chi connectivity index (χ4v) is 4.28. The van der Waals surface area contributed by atoms with Gasteiger partial charge < -0.3 is 13.9 Å². The number of para-hydroxylation sites is 1. The van der Waals surface area contributed by atoms with Crippen LogP contribution < -0.4 is 4.74 Å². The van der Waals surface area contributed by atoms with Crippen molar-refractivity contribution in [3.05, 3.63) is 92.2 Å². The van der Waals surface area contributed by atoms with Crippen LogP contribution in [-0.2, 0) is 22.7 Å². The van der Waals surface area contributed by atoms with Crippen molar-refractivity contribution < 1.29 is 28.3 Å². The van der Waals surface area contributed by atoms with Crippen LogP contribution in [0, 0.1) is 0 Å². The van der Waals surface area contributed by atoms with Gasteiger partial charge in [0.1, 0.15) is 18.1 Å². The monoisotopic (exact) mass is 517 g/mol. The summed E-state index contributed by atoms with van der Waals surface area (Å²) in [5, 5.41) is 0.444. The van der Waals surface area contributed by atoms with Gasteiger partial charge in [-0.05, 0) is 53.7 Å². The van der Waals surface area contributed by atoms with Crippen LogP contribution in [0.5, 0.6) is 5.75 Å². The molecule has 0 bridgehead atoms. The van der Waals surface area contributed by atoms with E-state index in [1.807, 2.05) is 12.1 Å². The van der Waals surface area contributed by atoms with E-state index in [1.165, 1.54) is 19.2 Å². The van der Waals surface area contributed by atoms with Gasteiger partial charge in [0.2, 0.25) is 5.76 Å². The van der Waals surface area contributed by atoms with E-state index in [2.05, 4.69) is 4.74 Å². The lowest BCUT2D eigenvalue weighted by atomic mass is 10.1. The maximum Gasteiger partial charge on any atom is 0.373 e. The summed E-state index contributed by atoms with van der Waals surface area (Å²) in [6.45, 7) is 0.138. The summed E-state index contributed by atoms with van der Waals surface area (Å²) in [6, 6.07) is 15.3. The van der Waals surface area contributed by atoms with Gasteiger partial charge in [0.05, 0.1) is 28.6 Å². The number of ether oxygens (including phenoxy) is 2. The van der Waals surface area contributed by atoms with E-state index in [4.69, 9.17) is 32.4 Å². The Morgan fingerprint density at radius 3 is 2.65 bits per heavy atom. The molecule has 1 aliphatic heterocycles. The molecule has 2 aromatic carbocycles. The molecular formula is C24H17Cl2NO6S. The quantitative estimate of drug-likeness (QED) is 0.272. The van der Waals surface area contributed by atoms with E-state index < -0.39 is 17.1 Å². The molecule has 1 saturated heterocycles. The SMILES string of the molecule is COC(=O)c1ccc(CN2C(=O)S/C(=C/c3ccccc3OCc3ccc(Cl)c(Cl)c3)C2=O)o1. The zero-order chi connectivity index (χ0) is 24.2. The second-order valence-electron chi connectivity index (χ2n) is 7.10. The van der Waals surface area contributed by atoms with E-state index in [0.29, 0.717) is 21.4 Å². The number of thioether (sulfide) groups is 1. The molecule has 1 fully saturated rings. The maximum atomic E-state index is 12.9. The van der Waals surface area contributed by atoms with Gasteiger partial charge in [-0.25, -0.2) is 4.79 Å². The fraction of sp³-hybridized carbons (Fsp3) is 0.125. The number of hydrogen-bond donors (Lipinski definition) is 0. The Labute approximate surface area is 209 Å². The third-order valence-electron chi connectivity index (χ3n) is 4.82. The number of carbonyl (C=O) groups excluding carboxylic acids is 3. The smallest absolute Gasteiger partial charge is 0.373 e. The van der Waals surface area contributed by atoms with E-state index in [0.717, 1.165) is 22.2 Å². The Morgan fingerprint density at radius 2 is 1.88 bits per heavy atom. The molecule has 174 valence electrons. The van der Waals surface area contributed by atoms with Gasteiger partial charge in [-0.2, -0.15) is 0 Å². The zero-order valence-corrected chi connectivity index (χ0v) is 20.1. The van der Waals surface area contributed by atoms with Gasteiger partial charge in [-0.1, -0.05) is 47.5 Å². The first-order valence-corrected chi connectivity index (χ1v) is 11.5. The Bertz CT molecular complexity index is 1300. The largest absolute Gasteiger partial charge is 0.488 e. The molecule has 4 rings (SSSR count). The van der Waals surface area contributed by atoms with Crippen molar-refractivity contribution in [3.8, 4) is 5.75 Å². The first kappa shape index (κ1) is 23.9. The number of benzene rings is 2. The van der Waals surface area contributed by atoms with Crippen LogP contribution in [0.25, 0.3) is 6.08 Å². The second kappa shape index (κ2) is 10.4. The van der Waals surface area contributed by atoms with Crippen molar-refractivity contribution >= 4 is 58.2 Å². The van der Waals surface area contributed by atoms with Crippen LogP contribution in [0.1, 0.15) is 27.4 Å². The minimum absolute atomic E-state index is 0.00642. The molecule has 0 unspecified atom stereocenters. The highest BCUT2D eigenvalue weighted by Gasteiger charge is 2.36. The molecule has 1 aliphatic rings. The third-order valence-corrected chi connectivity index (χ3v) is 6.47. The summed E-state index contributed by atoms with van der Waals surface area (Å²) in [6.07, 6.45) is 1.61. The van der Waals surface area contributed by atoms with Crippen molar-refractivity contribution in [2.45, 2.75) is 13.2 Å². The summed E-state index contributed by atoms with van der Waals surface area (Å²) in [4.78, 5) is 38.2. The van der Waals surface area contributed by atoms with Crippen molar-refractivity contribution in [1.82, 2.24) is 4.90 Å². The number of carbonyl (C=O) groups is 3. The number of methoxy groups -OCH3 is 1. The number of halogens is 2. The molecule has 7 nitrogen and oxygen atoms in total. The average molecular weight is 518 g/mol. The lowest BCUT2D eigenvalue weighted by Crippen LogP contribution is -2.27. The average Bonchev–Trinajstić information content (AvgIpc) is 3.40. The summed E-state index contributed by atoms with van der Waals surface area (Å²) in [7, 11) is 1.23. The number of esters is 1. The van der Waals surface area contributed by atoms with Crippen molar-refractivity contribution in [3.63, 3.8) is 0 Å². The van der Waals surface area contributed by atoms with Gasteiger partial charge in [0.15, 0.2) is 0 Å². The van der Waals surface area contributed by atoms with E-state index in [1.54, 1.807) is 36.4 Å².